The Balaban J connectivity index is 1.69. The molecule has 0 fully saturated rings. The smallest absolute Gasteiger partial charge is 0.422 e. The molecule has 0 bridgehead atoms. The molecule has 172 valence electrons. The van der Waals surface area contributed by atoms with E-state index in [2.05, 4.69) is 15.0 Å². The summed E-state index contributed by atoms with van der Waals surface area (Å²) in [5.41, 5.74) is 2.59. The molecule has 1 aliphatic rings. The standard InChI is InChI=1S/C23H26F3N3O3/c1-15(2)9-21(30)29-13-18-6-4-3-5-17(18)11-19(29)22(31)28-12-16-7-8-27-20(10-16)32-14-23(24,25)26/h3-8,10,15,19H,9,11-14H2,1-2H3,(H,28,31)/t19-/m0/s1. The summed E-state index contributed by atoms with van der Waals surface area (Å²) in [4.78, 5) is 31.2. The number of hydrogen-bond donors (Lipinski definition) is 1. The van der Waals surface area contributed by atoms with Crippen LogP contribution in [-0.2, 0) is 29.1 Å². The van der Waals surface area contributed by atoms with E-state index in [4.69, 9.17) is 0 Å². The summed E-state index contributed by atoms with van der Waals surface area (Å²) in [6.45, 7) is 2.91. The highest BCUT2D eigenvalue weighted by atomic mass is 19.4. The number of amides is 2. The maximum absolute atomic E-state index is 13.0. The van der Waals surface area contributed by atoms with Gasteiger partial charge in [-0.25, -0.2) is 4.98 Å². The summed E-state index contributed by atoms with van der Waals surface area (Å²) in [6.07, 6.45) is -2.39. The number of halogens is 3. The average molecular weight is 449 g/mol. The van der Waals surface area contributed by atoms with Crippen molar-refractivity contribution in [2.75, 3.05) is 6.61 Å². The normalized spacial score (nSPS) is 15.9. The van der Waals surface area contributed by atoms with Gasteiger partial charge < -0.3 is 15.0 Å². The molecule has 0 aliphatic carbocycles. The molecule has 32 heavy (non-hydrogen) atoms. The molecule has 0 unspecified atom stereocenters. The molecule has 1 atom stereocenters. The minimum atomic E-state index is -4.46. The zero-order valence-electron chi connectivity index (χ0n) is 18.0. The lowest BCUT2D eigenvalue weighted by molar-refractivity contribution is -0.154. The zero-order valence-corrected chi connectivity index (χ0v) is 18.0. The Morgan fingerprint density at radius 2 is 1.94 bits per heavy atom. The van der Waals surface area contributed by atoms with Crippen LogP contribution in [0.25, 0.3) is 0 Å². The summed E-state index contributed by atoms with van der Waals surface area (Å²) in [5, 5.41) is 2.80. The van der Waals surface area contributed by atoms with Gasteiger partial charge in [-0.2, -0.15) is 13.2 Å². The van der Waals surface area contributed by atoms with Gasteiger partial charge in [0.15, 0.2) is 6.61 Å². The van der Waals surface area contributed by atoms with Crippen molar-refractivity contribution in [3.63, 3.8) is 0 Å². The van der Waals surface area contributed by atoms with Gasteiger partial charge in [-0.15, -0.1) is 0 Å². The summed E-state index contributed by atoms with van der Waals surface area (Å²) in [6, 6.07) is 10.00. The molecule has 0 saturated carbocycles. The Bertz CT molecular complexity index is 963. The lowest BCUT2D eigenvalue weighted by Gasteiger charge is -2.36. The molecule has 0 saturated heterocycles. The third-order valence-electron chi connectivity index (χ3n) is 5.10. The zero-order chi connectivity index (χ0) is 23.3. The molecule has 2 aromatic rings. The van der Waals surface area contributed by atoms with Crippen LogP contribution in [0, 0.1) is 5.92 Å². The second kappa shape index (κ2) is 10.0. The number of hydrogen-bond acceptors (Lipinski definition) is 4. The van der Waals surface area contributed by atoms with E-state index >= 15 is 0 Å². The molecule has 0 spiro atoms. The van der Waals surface area contributed by atoms with Crippen LogP contribution in [0.5, 0.6) is 5.88 Å². The van der Waals surface area contributed by atoms with E-state index in [1.165, 1.54) is 12.3 Å². The molecule has 1 N–H and O–H groups in total. The predicted octanol–water partition coefficient (Wildman–Crippen LogP) is 3.64. The van der Waals surface area contributed by atoms with E-state index < -0.39 is 18.8 Å². The van der Waals surface area contributed by atoms with Crippen LogP contribution in [0.3, 0.4) is 0 Å². The molecule has 6 nitrogen and oxygen atoms in total. The highest BCUT2D eigenvalue weighted by molar-refractivity contribution is 5.88. The SMILES string of the molecule is CC(C)CC(=O)N1Cc2ccccc2C[C@H]1C(=O)NCc1ccnc(OCC(F)(F)F)c1. The molecular formula is C23H26F3N3O3. The van der Waals surface area contributed by atoms with Gasteiger partial charge in [0.05, 0.1) is 0 Å². The molecule has 9 heteroatoms. The van der Waals surface area contributed by atoms with Gasteiger partial charge in [0, 0.05) is 38.2 Å². The molecule has 0 radical (unpaired) electrons. The minimum Gasteiger partial charge on any atom is -0.468 e. The first-order valence-electron chi connectivity index (χ1n) is 10.4. The summed E-state index contributed by atoms with van der Waals surface area (Å²) >= 11 is 0. The van der Waals surface area contributed by atoms with E-state index in [0.29, 0.717) is 24.9 Å². The van der Waals surface area contributed by atoms with Crippen molar-refractivity contribution in [2.24, 2.45) is 5.92 Å². The molecule has 1 aromatic heterocycles. The number of fused-ring (bicyclic) bond motifs is 1. The Labute approximate surface area is 184 Å². The van der Waals surface area contributed by atoms with E-state index in [9.17, 15) is 22.8 Å². The number of benzene rings is 1. The first kappa shape index (κ1) is 23.6. The van der Waals surface area contributed by atoms with Gasteiger partial charge in [-0.1, -0.05) is 38.1 Å². The van der Waals surface area contributed by atoms with Crippen molar-refractivity contribution in [1.82, 2.24) is 15.2 Å². The molecule has 1 aliphatic heterocycles. The van der Waals surface area contributed by atoms with Crippen LogP contribution >= 0.6 is 0 Å². The maximum atomic E-state index is 13.0. The molecule has 1 aromatic carbocycles. The van der Waals surface area contributed by atoms with Crippen LogP contribution in [0.4, 0.5) is 13.2 Å². The van der Waals surface area contributed by atoms with Crippen molar-refractivity contribution in [3.05, 3.63) is 59.3 Å². The van der Waals surface area contributed by atoms with E-state index in [1.54, 1.807) is 11.0 Å². The Kier molecular flexibility index (Phi) is 7.37. The van der Waals surface area contributed by atoms with Crippen molar-refractivity contribution in [2.45, 2.75) is 52.0 Å². The number of alkyl halides is 3. The minimum absolute atomic E-state index is 0.0775. The van der Waals surface area contributed by atoms with Crippen LogP contribution in [0.1, 0.15) is 37.0 Å². The first-order valence-corrected chi connectivity index (χ1v) is 10.4. The Hall–Kier alpha value is -3.10. The highest BCUT2D eigenvalue weighted by Gasteiger charge is 2.34. The molecular weight excluding hydrogens is 423 g/mol. The van der Waals surface area contributed by atoms with E-state index in [1.807, 2.05) is 38.1 Å². The lowest BCUT2D eigenvalue weighted by Crippen LogP contribution is -2.52. The summed E-state index contributed by atoms with van der Waals surface area (Å²) in [7, 11) is 0. The third kappa shape index (κ3) is 6.45. The van der Waals surface area contributed by atoms with E-state index in [-0.39, 0.29) is 30.2 Å². The number of carbonyl (C=O) groups is 2. The first-order chi connectivity index (χ1) is 15.1. The quantitative estimate of drug-likeness (QED) is 0.701. The molecule has 3 rings (SSSR count). The summed E-state index contributed by atoms with van der Waals surface area (Å²) < 4.78 is 41.7. The number of nitrogens with one attached hydrogen (secondary N) is 1. The fourth-order valence-corrected chi connectivity index (χ4v) is 3.59. The van der Waals surface area contributed by atoms with Gasteiger partial charge in [0.2, 0.25) is 17.7 Å². The van der Waals surface area contributed by atoms with Crippen molar-refractivity contribution >= 4 is 11.8 Å². The monoisotopic (exact) mass is 449 g/mol. The highest BCUT2D eigenvalue weighted by Crippen LogP contribution is 2.25. The molecule has 2 heterocycles. The van der Waals surface area contributed by atoms with Crippen LogP contribution < -0.4 is 10.1 Å². The van der Waals surface area contributed by atoms with Crippen molar-refractivity contribution in [1.29, 1.82) is 0 Å². The van der Waals surface area contributed by atoms with Gasteiger partial charge in [-0.05, 0) is 28.7 Å². The topological polar surface area (TPSA) is 71.5 Å². The van der Waals surface area contributed by atoms with E-state index in [0.717, 1.165) is 11.1 Å². The van der Waals surface area contributed by atoms with Crippen LogP contribution in [0.15, 0.2) is 42.6 Å². The predicted molar refractivity (Wildman–Crippen MR) is 112 cm³/mol. The van der Waals surface area contributed by atoms with Crippen LogP contribution in [-0.4, -0.2) is 40.5 Å². The average Bonchev–Trinajstić information content (AvgIpc) is 2.74. The fraction of sp³-hybridized carbons (Fsp3) is 0.435. The number of pyridine rings is 1. The van der Waals surface area contributed by atoms with Gasteiger partial charge in [-0.3, -0.25) is 9.59 Å². The van der Waals surface area contributed by atoms with Crippen molar-refractivity contribution < 1.29 is 27.5 Å². The number of carbonyl (C=O) groups excluding carboxylic acids is 2. The number of ether oxygens (including phenoxy) is 1. The summed E-state index contributed by atoms with van der Waals surface area (Å²) in [5.74, 6) is -0.405. The largest absolute Gasteiger partial charge is 0.468 e. The van der Waals surface area contributed by atoms with Crippen LogP contribution in [0.2, 0.25) is 0 Å². The Morgan fingerprint density at radius 3 is 2.62 bits per heavy atom. The number of nitrogens with zero attached hydrogens (tertiary/aromatic N) is 2. The lowest BCUT2D eigenvalue weighted by atomic mass is 9.92. The fourth-order valence-electron chi connectivity index (χ4n) is 3.59. The third-order valence-corrected chi connectivity index (χ3v) is 5.10. The maximum Gasteiger partial charge on any atom is 0.422 e. The number of aromatic nitrogens is 1. The molecule has 2 amide bonds. The second-order valence-corrected chi connectivity index (χ2v) is 8.23. The van der Waals surface area contributed by atoms with Crippen molar-refractivity contribution in [3.8, 4) is 5.88 Å². The van der Waals surface area contributed by atoms with Gasteiger partial charge >= 0.3 is 6.18 Å². The Morgan fingerprint density at radius 1 is 1.22 bits per heavy atom. The number of rotatable bonds is 7. The van der Waals surface area contributed by atoms with Gasteiger partial charge in [0.25, 0.3) is 0 Å². The second-order valence-electron chi connectivity index (χ2n) is 8.23. The van der Waals surface area contributed by atoms with Gasteiger partial charge in [0.1, 0.15) is 6.04 Å².